The van der Waals surface area contributed by atoms with E-state index in [9.17, 15) is 4.79 Å². The molecule has 1 amide bonds. The van der Waals surface area contributed by atoms with E-state index >= 15 is 0 Å². The average molecular weight is 300 g/mol. The summed E-state index contributed by atoms with van der Waals surface area (Å²) in [6.07, 6.45) is 5.66. The quantitative estimate of drug-likeness (QED) is 0.872. The Morgan fingerprint density at radius 2 is 1.86 bits per heavy atom. The van der Waals surface area contributed by atoms with Crippen LogP contribution in [0.5, 0.6) is 0 Å². The van der Waals surface area contributed by atoms with Gasteiger partial charge in [-0.25, -0.2) is 0 Å². The molecule has 2 aliphatic rings. The monoisotopic (exact) mass is 300 g/mol. The number of nitrogens with zero attached hydrogens (tertiary/aromatic N) is 1. The molecule has 1 aromatic carbocycles. The minimum Gasteiger partial charge on any atom is -0.317 e. The maximum Gasteiger partial charge on any atom is 0.227 e. The first-order valence-corrected chi connectivity index (χ1v) is 8.80. The van der Waals surface area contributed by atoms with Crippen LogP contribution in [0.2, 0.25) is 0 Å². The van der Waals surface area contributed by atoms with Crippen LogP contribution in [-0.2, 0) is 4.79 Å². The molecule has 1 aromatic rings. The van der Waals surface area contributed by atoms with Crippen molar-refractivity contribution in [3.05, 3.63) is 30.3 Å². The predicted octanol–water partition coefficient (Wildman–Crippen LogP) is 3.46. The maximum atomic E-state index is 12.9. The van der Waals surface area contributed by atoms with Gasteiger partial charge in [0.15, 0.2) is 0 Å². The third-order valence-electron chi connectivity index (χ3n) is 5.19. The van der Waals surface area contributed by atoms with Crippen molar-refractivity contribution in [1.82, 2.24) is 5.32 Å². The molecule has 0 spiro atoms. The summed E-state index contributed by atoms with van der Waals surface area (Å²) in [6.45, 7) is 5.37. The fourth-order valence-corrected chi connectivity index (χ4v) is 3.48. The molecule has 1 heterocycles. The molecule has 1 aliphatic carbocycles. The second-order valence-electron chi connectivity index (χ2n) is 7.05. The number of hydrogen-bond acceptors (Lipinski definition) is 2. The number of anilines is 1. The van der Waals surface area contributed by atoms with Crippen LogP contribution in [0.1, 0.15) is 39.0 Å². The van der Waals surface area contributed by atoms with Gasteiger partial charge in [-0.1, -0.05) is 25.1 Å². The van der Waals surface area contributed by atoms with Gasteiger partial charge in [-0.3, -0.25) is 4.79 Å². The van der Waals surface area contributed by atoms with E-state index in [4.69, 9.17) is 0 Å². The minimum absolute atomic E-state index is 0.309. The average Bonchev–Trinajstić information content (AvgIpc) is 3.38. The van der Waals surface area contributed by atoms with E-state index in [1.165, 1.54) is 25.7 Å². The number of nitrogens with one attached hydrogen (secondary N) is 1. The molecule has 0 radical (unpaired) electrons. The highest BCUT2D eigenvalue weighted by Crippen LogP contribution is 2.32. The molecule has 3 nitrogen and oxygen atoms in total. The fourth-order valence-electron chi connectivity index (χ4n) is 3.48. The molecule has 1 saturated heterocycles. The standard InChI is InChI=1S/C19H28N2O/c1-15(17-9-11-20-12-10-17)13-19(22)21(14-16-7-8-16)18-5-3-2-4-6-18/h2-6,15-17,20H,7-14H2,1H3. The first-order chi connectivity index (χ1) is 10.7. The lowest BCUT2D eigenvalue weighted by Gasteiger charge is -2.30. The molecular formula is C19H28N2O. The van der Waals surface area contributed by atoms with E-state index in [-0.39, 0.29) is 0 Å². The summed E-state index contributed by atoms with van der Waals surface area (Å²) in [6, 6.07) is 10.2. The summed E-state index contributed by atoms with van der Waals surface area (Å²) in [7, 11) is 0. The number of piperidine rings is 1. The van der Waals surface area contributed by atoms with Gasteiger partial charge in [-0.05, 0) is 68.7 Å². The topological polar surface area (TPSA) is 32.3 Å². The lowest BCUT2D eigenvalue weighted by molar-refractivity contribution is -0.119. The third-order valence-corrected chi connectivity index (χ3v) is 5.19. The lowest BCUT2D eigenvalue weighted by Crippen LogP contribution is -2.36. The van der Waals surface area contributed by atoms with Gasteiger partial charge in [0.05, 0.1) is 0 Å². The Kier molecular flexibility index (Phi) is 5.14. The number of carbonyl (C=O) groups excluding carboxylic acids is 1. The highest BCUT2D eigenvalue weighted by atomic mass is 16.2. The lowest BCUT2D eigenvalue weighted by atomic mass is 9.84. The highest BCUT2D eigenvalue weighted by Gasteiger charge is 2.29. The van der Waals surface area contributed by atoms with E-state index in [0.29, 0.717) is 24.2 Å². The Labute approximate surface area is 134 Å². The van der Waals surface area contributed by atoms with E-state index in [0.717, 1.165) is 31.2 Å². The van der Waals surface area contributed by atoms with Crippen LogP contribution in [0.15, 0.2) is 30.3 Å². The number of amides is 1. The smallest absolute Gasteiger partial charge is 0.227 e. The molecule has 3 heteroatoms. The predicted molar refractivity (Wildman–Crippen MR) is 90.9 cm³/mol. The van der Waals surface area contributed by atoms with Crippen LogP contribution in [0, 0.1) is 17.8 Å². The van der Waals surface area contributed by atoms with Crippen LogP contribution >= 0.6 is 0 Å². The fraction of sp³-hybridized carbons (Fsp3) is 0.632. The molecule has 1 atom stereocenters. The Balaban J connectivity index is 1.63. The zero-order chi connectivity index (χ0) is 15.4. The Hall–Kier alpha value is -1.35. The molecule has 0 bridgehead atoms. The van der Waals surface area contributed by atoms with Gasteiger partial charge < -0.3 is 10.2 Å². The van der Waals surface area contributed by atoms with Crippen LogP contribution < -0.4 is 10.2 Å². The number of hydrogen-bond donors (Lipinski definition) is 1. The second-order valence-corrected chi connectivity index (χ2v) is 7.05. The van der Waals surface area contributed by atoms with Crippen LogP contribution in [0.3, 0.4) is 0 Å². The van der Waals surface area contributed by atoms with Crippen LogP contribution in [0.4, 0.5) is 5.69 Å². The summed E-state index contributed by atoms with van der Waals surface area (Å²) in [4.78, 5) is 14.9. The van der Waals surface area contributed by atoms with Crippen molar-refractivity contribution in [2.75, 3.05) is 24.5 Å². The molecular weight excluding hydrogens is 272 g/mol. The minimum atomic E-state index is 0.309. The molecule has 1 aliphatic heterocycles. The molecule has 1 N–H and O–H groups in total. The Bertz CT molecular complexity index is 477. The number of para-hydroxylation sites is 1. The number of rotatable bonds is 6. The van der Waals surface area contributed by atoms with E-state index in [1.54, 1.807) is 0 Å². The molecule has 120 valence electrons. The van der Waals surface area contributed by atoms with Crippen LogP contribution in [0.25, 0.3) is 0 Å². The summed E-state index contributed by atoms with van der Waals surface area (Å²) in [5.41, 5.74) is 1.07. The Morgan fingerprint density at radius 1 is 1.18 bits per heavy atom. The van der Waals surface area contributed by atoms with Gasteiger partial charge in [-0.2, -0.15) is 0 Å². The first kappa shape index (κ1) is 15.5. The van der Waals surface area contributed by atoms with Gasteiger partial charge >= 0.3 is 0 Å². The van der Waals surface area contributed by atoms with E-state index < -0.39 is 0 Å². The normalized spacial score (nSPS) is 20.6. The zero-order valence-corrected chi connectivity index (χ0v) is 13.6. The maximum absolute atomic E-state index is 12.9. The number of carbonyl (C=O) groups is 1. The van der Waals surface area contributed by atoms with Crippen molar-refractivity contribution in [2.24, 2.45) is 17.8 Å². The van der Waals surface area contributed by atoms with Crippen molar-refractivity contribution in [2.45, 2.75) is 39.0 Å². The second kappa shape index (κ2) is 7.28. The molecule has 1 unspecified atom stereocenters. The molecule has 1 saturated carbocycles. The van der Waals surface area contributed by atoms with Crippen molar-refractivity contribution >= 4 is 11.6 Å². The van der Waals surface area contributed by atoms with Gasteiger partial charge in [0.1, 0.15) is 0 Å². The van der Waals surface area contributed by atoms with E-state index in [1.807, 2.05) is 23.1 Å². The summed E-state index contributed by atoms with van der Waals surface area (Å²) in [5.74, 6) is 2.21. The van der Waals surface area contributed by atoms with Gasteiger partial charge in [0, 0.05) is 18.7 Å². The zero-order valence-electron chi connectivity index (χ0n) is 13.6. The molecule has 3 rings (SSSR count). The number of benzene rings is 1. The Morgan fingerprint density at radius 3 is 2.50 bits per heavy atom. The summed E-state index contributed by atoms with van der Waals surface area (Å²) >= 11 is 0. The molecule has 0 aromatic heterocycles. The van der Waals surface area contributed by atoms with Crippen molar-refractivity contribution in [3.8, 4) is 0 Å². The molecule has 22 heavy (non-hydrogen) atoms. The highest BCUT2D eigenvalue weighted by molar-refractivity contribution is 5.93. The van der Waals surface area contributed by atoms with Crippen molar-refractivity contribution in [3.63, 3.8) is 0 Å². The third kappa shape index (κ3) is 4.10. The summed E-state index contributed by atoms with van der Waals surface area (Å²) < 4.78 is 0. The SMILES string of the molecule is CC(CC(=O)N(CC1CC1)c1ccccc1)C1CCNCC1. The van der Waals surface area contributed by atoms with Crippen LogP contribution in [-0.4, -0.2) is 25.5 Å². The van der Waals surface area contributed by atoms with Gasteiger partial charge in [0.2, 0.25) is 5.91 Å². The summed E-state index contributed by atoms with van der Waals surface area (Å²) in [5, 5.41) is 3.41. The van der Waals surface area contributed by atoms with E-state index in [2.05, 4.69) is 24.4 Å². The van der Waals surface area contributed by atoms with Crippen molar-refractivity contribution in [1.29, 1.82) is 0 Å². The van der Waals surface area contributed by atoms with Gasteiger partial charge in [-0.15, -0.1) is 0 Å². The molecule has 2 fully saturated rings. The van der Waals surface area contributed by atoms with Crippen molar-refractivity contribution < 1.29 is 4.79 Å². The van der Waals surface area contributed by atoms with Gasteiger partial charge in [0.25, 0.3) is 0 Å². The first-order valence-electron chi connectivity index (χ1n) is 8.80. The largest absolute Gasteiger partial charge is 0.317 e.